The monoisotopic (exact) mass is 201 g/mol. The molecule has 2 atom stereocenters. The molecule has 1 aliphatic rings. The lowest BCUT2D eigenvalue weighted by Crippen LogP contribution is -2.33. The van der Waals surface area contributed by atoms with E-state index < -0.39 is 0 Å². The lowest BCUT2D eigenvalue weighted by molar-refractivity contribution is 0.683. The number of hydrogen-bond acceptors (Lipinski definition) is 3. The van der Waals surface area contributed by atoms with Crippen LogP contribution in [0.5, 0.6) is 0 Å². The lowest BCUT2D eigenvalue weighted by atomic mass is 10.2. The maximum absolute atomic E-state index is 8.81. The molecular weight excluding hydrogens is 186 g/mol. The van der Waals surface area contributed by atoms with Gasteiger partial charge in [0, 0.05) is 12.1 Å². The van der Waals surface area contributed by atoms with Crippen LogP contribution in [-0.2, 0) is 0 Å². The Hall–Kier alpha value is -1.56. The van der Waals surface area contributed by atoms with E-state index in [1.54, 1.807) is 6.07 Å². The van der Waals surface area contributed by atoms with Gasteiger partial charge in [0.15, 0.2) is 0 Å². The predicted molar refractivity (Wildman–Crippen MR) is 59.6 cm³/mol. The van der Waals surface area contributed by atoms with E-state index in [-0.39, 0.29) is 0 Å². The van der Waals surface area contributed by atoms with Crippen LogP contribution in [0.3, 0.4) is 0 Å². The van der Waals surface area contributed by atoms with E-state index in [1.165, 1.54) is 12.8 Å². The standard InChI is InChI=1S/C12H15N3/c1-9-6-7-10(2)15(9)12-5-3-4-11(8-13)14-12/h3-5,9-10H,6-7H2,1-2H3. The van der Waals surface area contributed by atoms with Crippen molar-refractivity contribution in [2.24, 2.45) is 0 Å². The number of rotatable bonds is 1. The molecule has 0 amide bonds. The Balaban J connectivity index is 2.32. The Bertz CT molecular complexity index is 384. The predicted octanol–water partition coefficient (Wildman–Crippen LogP) is 2.33. The van der Waals surface area contributed by atoms with Gasteiger partial charge in [0.05, 0.1) is 0 Å². The van der Waals surface area contributed by atoms with Gasteiger partial charge in [-0.15, -0.1) is 0 Å². The molecule has 78 valence electrons. The van der Waals surface area contributed by atoms with Gasteiger partial charge in [-0.05, 0) is 38.8 Å². The van der Waals surface area contributed by atoms with E-state index in [2.05, 4.69) is 29.8 Å². The number of anilines is 1. The maximum Gasteiger partial charge on any atom is 0.142 e. The van der Waals surface area contributed by atoms with E-state index in [0.717, 1.165) is 5.82 Å². The summed E-state index contributed by atoms with van der Waals surface area (Å²) in [5.74, 6) is 0.937. The van der Waals surface area contributed by atoms with Crippen molar-refractivity contribution >= 4 is 5.82 Å². The molecule has 1 aliphatic heterocycles. The van der Waals surface area contributed by atoms with Gasteiger partial charge in [0.1, 0.15) is 17.6 Å². The number of nitrogens with zero attached hydrogens (tertiary/aromatic N) is 3. The second-order valence-electron chi connectivity index (χ2n) is 4.18. The first-order valence-corrected chi connectivity index (χ1v) is 5.38. The van der Waals surface area contributed by atoms with Crippen molar-refractivity contribution in [2.75, 3.05) is 4.90 Å². The lowest BCUT2D eigenvalue weighted by Gasteiger charge is -2.27. The van der Waals surface area contributed by atoms with Gasteiger partial charge in [-0.3, -0.25) is 0 Å². The van der Waals surface area contributed by atoms with E-state index in [4.69, 9.17) is 5.26 Å². The Labute approximate surface area is 90.4 Å². The van der Waals surface area contributed by atoms with Gasteiger partial charge in [-0.1, -0.05) is 6.07 Å². The summed E-state index contributed by atoms with van der Waals surface area (Å²) in [4.78, 5) is 6.65. The molecule has 0 aromatic carbocycles. The second-order valence-corrected chi connectivity index (χ2v) is 4.18. The van der Waals surface area contributed by atoms with Crippen LogP contribution in [0.4, 0.5) is 5.82 Å². The van der Waals surface area contributed by atoms with Crippen LogP contribution in [0.1, 0.15) is 32.4 Å². The van der Waals surface area contributed by atoms with Crippen molar-refractivity contribution in [3.63, 3.8) is 0 Å². The van der Waals surface area contributed by atoms with Crippen molar-refractivity contribution in [3.05, 3.63) is 23.9 Å². The zero-order valence-corrected chi connectivity index (χ0v) is 9.14. The highest BCUT2D eigenvalue weighted by atomic mass is 15.2. The molecule has 0 saturated carbocycles. The normalized spacial score (nSPS) is 25.3. The molecular formula is C12H15N3. The molecule has 0 aliphatic carbocycles. The zero-order valence-electron chi connectivity index (χ0n) is 9.14. The summed E-state index contributed by atoms with van der Waals surface area (Å²) >= 11 is 0. The summed E-state index contributed by atoms with van der Waals surface area (Å²) in [6.07, 6.45) is 2.42. The summed E-state index contributed by atoms with van der Waals surface area (Å²) in [6.45, 7) is 4.43. The Morgan fingerprint density at radius 1 is 1.33 bits per heavy atom. The molecule has 1 saturated heterocycles. The van der Waals surface area contributed by atoms with Crippen molar-refractivity contribution in [2.45, 2.75) is 38.8 Å². The summed E-state index contributed by atoms with van der Waals surface area (Å²) in [5.41, 5.74) is 0.499. The number of nitriles is 1. The Morgan fingerprint density at radius 3 is 2.60 bits per heavy atom. The summed E-state index contributed by atoms with van der Waals surface area (Å²) in [5, 5.41) is 8.81. The molecule has 2 unspecified atom stereocenters. The van der Waals surface area contributed by atoms with Gasteiger partial charge in [0.2, 0.25) is 0 Å². The minimum Gasteiger partial charge on any atom is -0.351 e. The van der Waals surface area contributed by atoms with E-state index in [1.807, 2.05) is 12.1 Å². The fraction of sp³-hybridized carbons (Fsp3) is 0.500. The average molecular weight is 201 g/mol. The first kappa shape index (κ1) is 9.97. The van der Waals surface area contributed by atoms with Crippen LogP contribution < -0.4 is 4.90 Å². The highest BCUT2D eigenvalue weighted by Gasteiger charge is 2.28. The van der Waals surface area contributed by atoms with Crippen LogP contribution in [0.15, 0.2) is 18.2 Å². The largest absolute Gasteiger partial charge is 0.351 e. The topological polar surface area (TPSA) is 39.9 Å². The number of hydrogen-bond donors (Lipinski definition) is 0. The molecule has 2 heterocycles. The van der Waals surface area contributed by atoms with Crippen molar-refractivity contribution in [1.29, 1.82) is 5.26 Å². The van der Waals surface area contributed by atoms with Crippen LogP contribution in [0.2, 0.25) is 0 Å². The molecule has 0 radical (unpaired) electrons. The SMILES string of the molecule is CC1CCC(C)N1c1cccc(C#N)n1. The molecule has 3 heteroatoms. The molecule has 0 spiro atoms. The van der Waals surface area contributed by atoms with Crippen LogP contribution >= 0.6 is 0 Å². The van der Waals surface area contributed by atoms with Gasteiger partial charge in [-0.2, -0.15) is 5.26 Å². The minimum absolute atomic E-state index is 0.499. The Morgan fingerprint density at radius 2 is 2.00 bits per heavy atom. The molecule has 3 nitrogen and oxygen atoms in total. The fourth-order valence-corrected chi connectivity index (χ4v) is 2.28. The molecule has 0 N–H and O–H groups in total. The summed E-state index contributed by atoms with van der Waals surface area (Å²) < 4.78 is 0. The fourth-order valence-electron chi connectivity index (χ4n) is 2.28. The van der Waals surface area contributed by atoms with Gasteiger partial charge in [-0.25, -0.2) is 4.98 Å². The molecule has 1 aromatic heterocycles. The van der Waals surface area contributed by atoms with Gasteiger partial charge < -0.3 is 4.90 Å². The van der Waals surface area contributed by atoms with Gasteiger partial charge >= 0.3 is 0 Å². The zero-order chi connectivity index (χ0) is 10.8. The van der Waals surface area contributed by atoms with Crippen LogP contribution in [0, 0.1) is 11.3 Å². The number of aromatic nitrogens is 1. The van der Waals surface area contributed by atoms with Gasteiger partial charge in [0.25, 0.3) is 0 Å². The molecule has 1 fully saturated rings. The maximum atomic E-state index is 8.81. The first-order valence-electron chi connectivity index (χ1n) is 5.38. The van der Waals surface area contributed by atoms with Crippen LogP contribution in [0.25, 0.3) is 0 Å². The third-order valence-corrected chi connectivity index (χ3v) is 3.07. The molecule has 15 heavy (non-hydrogen) atoms. The van der Waals surface area contributed by atoms with Crippen LogP contribution in [-0.4, -0.2) is 17.1 Å². The third kappa shape index (κ3) is 1.80. The molecule has 1 aromatic rings. The Kier molecular flexibility index (Phi) is 2.59. The quantitative estimate of drug-likeness (QED) is 0.700. The minimum atomic E-state index is 0.499. The molecule has 2 rings (SSSR count). The second kappa shape index (κ2) is 3.90. The highest BCUT2D eigenvalue weighted by molar-refractivity contribution is 5.44. The highest BCUT2D eigenvalue weighted by Crippen LogP contribution is 2.28. The summed E-state index contributed by atoms with van der Waals surface area (Å²) in [6, 6.07) is 8.77. The van der Waals surface area contributed by atoms with E-state index in [0.29, 0.717) is 17.8 Å². The average Bonchev–Trinajstić information content (AvgIpc) is 2.59. The summed E-state index contributed by atoms with van der Waals surface area (Å²) in [7, 11) is 0. The van der Waals surface area contributed by atoms with E-state index >= 15 is 0 Å². The van der Waals surface area contributed by atoms with Crippen molar-refractivity contribution in [1.82, 2.24) is 4.98 Å². The number of pyridine rings is 1. The first-order chi connectivity index (χ1) is 7.22. The van der Waals surface area contributed by atoms with E-state index in [9.17, 15) is 0 Å². The molecule has 0 bridgehead atoms. The smallest absolute Gasteiger partial charge is 0.142 e. The van der Waals surface area contributed by atoms with Crippen molar-refractivity contribution in [3.8, 4) is 6.07 Å². The van der Waals surface area contributed by atoms with Crippen molar-refractivity contribution < 1.29 is 0 Å². The third-order valence-electron chi connectivity index (χ3n) is 3.07.